The summed E-state index contributed by atoms with van der Waals surface area (Å²) in [5.74, 6) is 0. The van der Waals surface area contributed by atoms with E-state index >= 15 is 0 Å². The fourth-order valence-electron chi connectivity index (χ4n) is 2.06. The summed E-state index contributed by atoms with van der Waals surface area (Å²) in [7, 11) is -3.44. The highest BCUT2D eigenvalue weighted by molar-refractivity contribution is 7.92. The molecule has 0 aromatic heterocycles. The van der Waals surface area contributed by atoms with Gasteiger partial charge in [0.15, 0.2) is 0 Å². The molecule has 0 aliphatic carbocycles. The van der Waals surface area contributed by atoms with Crippen molar-refractivity contribution >= 4 is 21.8 Å². The summed E-state index contributed by atoms with van der Waals surface area (Å²) in [4.78, 5) is 11.3. The Hall–Kier alpha value is -1.76. The van der Waals surface area contributed by atoms with Gasteiger partial charge in [-0.25, -0.2) is 13.2 Å². The summed E-state index contributed by atoms with van der Waals surface area (Å²) in [5, 5.41) is 2.52. The van der Waals surface area contributed by atoms with E-state index < -0.39 is 16.1 Å². The molecule has 7 heteroatoms. The monoisotopic (exact) mass is 342 g/mol. The number of hydrogen-bond acceptors (Lipinski definition) is 4. The first-order valence-electron chi connectivity index (χ1n) is 7.54. The van der Waals surface area contributed by atoms with Crippen LogP contribution in [-0.2, 0) is 20.2 Å². The second-order valence-electron chi connectivity index (χ2n) is 6.28. The molecule has 1 amide bonds. The van der Waals surface area contributed by atoms with Gasteiger partial charge < -0.3 is 10.1 Å². The molecule has 1 aromatic rings. The minimum atomic E-state index is -3.44. The van der Waals surface area contributed by atoms with Crippen LogP contribution in [0.4, 0.5) is 10.5 Å². The fourth-order valence-corrected chi connectivity index (χ4v) is 2.98. The quantitative estimate of drug-likeness (QED) is 0.862. The van der Waals surface area contributed by atoms with Crippen molar-refractivity contribution in [3.63, 3.8) is 0 Å². The molecule has 6 nitrogen and oxygen atoms in total. The molecule has 0 saturated carbocycles. The van der Waals surface area contributed by atoms with Crippen LogP contribution in [-0.4, -0.2) is 40.5 Å². The molecule has 0 aliphatic rings. The van der Waals surface area contributed by atoms with Crippen molar-refractivity contribution < 1.29 is 17.9 Å². The van der Waals surface area contributed by atoms with Crippen LogP contribution in [0.15, 0.2) is 24.3 Å². The number of anilines is 1. The average Bonchev–Trinajstić information content (AvgIpc) is 2.42. The predicted octanol–water partition coefficient (Wildman–Crippen LogP) is 2.50. The molecular weight excluding hydrogens is 316 g/mol. The lowest BCUT2D eigenvalue weighted by molar-refractivity contribution is 0.152. The van der Waals surface area contributed by atoms with Crippen molar-refractivity contribution in [2.75, 3.05) is 30.3 Å². The van der Waals surface area contributed by atoms with Gasteiger partial charge in [-0.3, -0.25) is 4.31 Å². The van der Waals surface area contributed by atoms with Crippen molar-refractivity contribution in [1.29, 1.82) is 0 Å². The standard InChI is InChI=1S/C16H26N2O4S/c1-6-22-15(19)17-11-12-18(23(5,20)21)14-9-7-13(8-10-14)16(2,3)4/h7-10H,6,11-12H2,1-5H3,(H,17,19). The highest BCUT2D eigenvalue weighted by atomic mass is 32.2. The Bertz CT molecular complexity index is 618. The summed E-state index contributed by atoms with van der Waals surface area (Å²) in [6.07, 6.45) is 0.596. The second kappa shape index (κ2) is 7.68. The van der Waals surface area contributed by atoms with E-state index in [4.69, 9.17) is 4.74 Å². The van der Waals surface area contributed by atoms with E-state index in [2.05, 4.69) is 26.1 Å². The Morgan fingerprint density at radius 1 is 1.22 bits per heavy atom. The molecule has 0 atom stereocenters. The van der Waals surface area contributed by atoms with Crippen LogP contribution in [0.2, 0.25) is 0 Å². The lowest BCUT2D eigenvalue weighted by Crippen LogP contribution is -2.38. The smallest absolute Gasteiger partial charge is 0.407 e. The zero-order valence-corrected chi connectivity index (χ0v) is 15.2. The third-order valence-corrected chi connectivity index (χ3v) is 4.48. The van der Waals surface area contributed by atoms with E-state index in [0.717, 1.165) is 11.8 Å². The molecule has 0 heterocycles. The van der Waals surface area contributed by atoms with Crippen LogP contribution in [0.25, 0.3) is 0 Å². The minimum absolute atomic E-state index is 0.0000836. The van der Waals surface area contributed by atoms with Crippen molar-refractivity contribution in [1.82, 2.24) is 5.32 Å². The lowest BCUT2D eigenvalue weighted by Gasteiger charge is -2.24. The number of alkyl carbamates (subject to hydrolysis) is 1. The summed E-state index contributed by atoms with van der Waals surface area (Å²) in [6, 6.07) is 7.41. The van der Waals surface area contributed by atoms with Gasteiger partial charge in [-0.05, 0) is 30.0 Å². The van der Waals surface area contributed by atoms with Crippen molar-refractivity contribution in [2.24, 2.45) is 0 Å². The molecule has 1 aromatic carbocycles. The number of rotatable bonds is 6. The minimum Gasteiger partial charge on any atom is -0.450 e. The third-order valence-electron chi connectivity index (χ3n) is 3.28. The molecule has 23 heavy (non-hydrogen) atoms. The van der Waals surface area contributed by atoms with Gasteiger partial charge in [0, 0.05) is 6.54 Å². The zero-order chi connectivity index (χ0) is 17.7. The summed E-state index contributed by atoms with van der Waals surface area (Å²) < 4.78 is 30.0. The number of amides is 1. The van der Waals surface area contributed by atoms with E-state index in [1.165, 1.54) is 4.31 Å². The van der Waals surface area contributed by atoms with Gasteiger partial charge in [-0.1, -0.05) is 32.9 Å². The van der Waals surface area contributed by atoms with Gasteiger partial charge >= 0.3 is 6.09 Å². The lowest BCUT2D eigenvalue weighted by atomic mass is 9.87. The van der Waals surface area contributed by atoms with E-state index in [1.54, 1.807) is 19.1 Å². The molecule has 0 spiro atoms. The first-order chi connectivity index (χ1) is 10.6. The molecule has 0 bridgehead atoms. The van der Waals surface area contributed by atoms with Gasteiger partial charge in [-0.15, -0.1) is 0 Å². The molecular formula is C16H26N2O4S. The molecule has 1 rings (SSSR count). The third kappa shape index (κ3) is 6.09. The molecule has 1 N–H and O–H groups in total. The number of ether oxygens (including phenoxy) is 1. The zero-order valence-electron chi connectivity index (χ0n) is 14.4. The number of nitrogens with zero attached hydrogens (tertiary/aromatic N) is 1. The van der Waals surface area contributed by atoms with Crippen LogP contribution in [0.3, 0.4) is 0 Å². The van der Waals surface area contributed by atoms with E-state index in [1.807, 2.05) is 12.1 Å². The van der Waals surface area contributed by atoms with E-state index in [0.29, 0.717) is 5.69 Å². The predicted molar refractivity (Wildman–Crippen MR) is 92.4 cm³/mol. The maximum absolute atomic E-state index is 12.0. The normalized spacial score (nSPS) is 11.9. The Labute approximate surface area is 138 Å². The SMILES string of the molecule is CCOC(=O)NCCN(c1ccc(C(C)(C)C)cc1)S(C)(=O)=O. The fraction of sp³-hybridized carbons (Fsp3) is 0.562. The van der Waals surface area contributed by atoms with Crippen molar-refractivity contribution in [3.8, 4) is 0 Å². The van der Waals surface area contributed by atoms with Crippen LogP contribution in [0.5, 0.6) is 0 Å². The number of carbonyl (C=O) groups excluding carboxylic acids is 1. The highest BCUT2D eigenvalue weighted by Crippen LogP contribution is 2.25. The molecule has 130 valence electrons. The van der Waals surface area contributed by atoms with Gasteiger partial charge in [0.25, 0.3) is 0 Å². The van der Waals surface area contributed by atoms with Gasteiger partial charge in [-0.2, -0.15) is 0 Å². The molecule has 0 radical (unpaired) electrons. The van der Waals surface area contributed by atoms with E-state index in [-0.39, 0.29) is 25.1 Å². The number of carbonyl (C=O) groups is 1. The van der Waals surface area contributed by atoms with Crippen LogP contribution in [0.1, 0.15) is 33.3 Å². The molecule has 0 saturated heterocycles. The van der Waals surface area contributed by atoms with Crippen LogP contribution in [0, 0.1) is 0 Å². The van der Waals surface area contributed by atoms with Gasteiger partial charge in [0.05, 0.1) is 25.1 Å². The number of benzene rings is 1. The average molecular weight is 342 g/mol. The van der Waals surface area contributed by atoms with Crippen molar-refractivity contribution in [2.45, 2.75) is 33.1 Å². The molecule has 0 aliphatic heterocycles. The van der Waals surface area contributed by atoms with Crippen LogP contribution < -0.4 is 9.62 Å². The Balaban J connectivity index is 2.85. The van der Waals surface area contributed by atoms with Gasteiger partial charge in [0.2, 0.25) is 10.0 Å². The second-order valence-corrected chi connectivity index (χ2v) is 8.19. The Morgan fingerprint density at radius 3 is 2.22 bits per heavy atom. The van der Waals surface area contributed by atoms with E-state index in [9.17, 15) is 13.2 Å². The van der Waals surface area contributed by atoms with Crippen molar-refractivity contribution in [3.05, 3.63) is 29.8 Å². The largest absolute Gasteiger partial charge is 0.450 e. The van der Waals surface area contributed by atoms with Crippen LogP contribution >= 0.6 is 0 Å². The first-order valence-corrected chi connectivity index (χ1v) is 9.39. The first kappa shape index (κ1) is 19.3. The molecule has 0 fully saturated rings. The Kier molecular flexibility index (Phi) is 6.44. The summed E-state index contributed by atoms with van der Waals surface area (Å²) in [6.45, 7) is 8.59. The Morgan fingerprint density at radius 2 is 1.78 bits per heavy atom. The molecule has 0 unspecified atom stereocenters. The number of nitrogens with one attached hydrogen (secondary N) is 1. The topological polar surface area (TPSA) is 75.7 Å². The maximum atomic E-state index is 12.0. The summed E-state index contributed by atoms with van der Waals surface area (Å²) in [5.41, 5.74) is 1.70. The highest BCUT2D eigenvalue weighted by Gasteiger charge is 2.19. The van der Waals surface area contributed by atoms with Gasteiger partial charge in [0.1, 0.15) is 0 Å². The summed E-state index contributed by atoms with van der Waals surface area (Å²) >= 11 is 0. The number of sulfonamides is 1. The maximum Gasteiger partial charge on any atom is 0.407 e. The number of hydrogen-bond donors (Lipinski definition) is 1.